The largest absolute Gasteiger partial charge is 0.364 e. The molecule has 2 amide bonds. The summed E-state index contributed by atoms with van der Waals surface area (Å²) in [6, 6.07) is 17.3. The fourth-order valence-electron chi connectivity index (χ4n) is 3.02. The predicted molar refractivity (Wildman–Crippen MR) is 99.5 cm³/mol. The number of primary amides is 1. The predicted octanol–water partition coefficient (Wildman–Crippen LogP) is 3.33. The number of fused-ring (bicyclic) bond motifs is 1. The molecule has 3 aromatic rings. The molecule has 25 heavy (non-hydrogen) atoms. The van der Waals surface area contributed by atoms with Crippen molar-refractivity contribution in [3.63, 3.8) is 0 Å². The van der Waals surface area contributed by atoms with Crippen LogP contribution in [0.5, 0.6) is 0 Å². The number of benzene rings is 2. The van der Waals surface area contributed by atoms with Gasteiger partial charge in [0.25, 0.3) is 5.91 Å². The third kappa shape index (κ3) is 3.71. The molecule has 2 aromatic carbocycles. The van der Waals surface area contributed by atoms with E-state index in [9.17, 15) is 9.59 Å². The average molecular weight is 335 g/mol. The number of hydrogen-bond donors (Lipinski definition) is 2. The van der Waals surface area contributed by atoms with Gasteiger partial charge >= 0.3 is 0 Å². The van der Waals surface area contributed by atoms with Crippen molar-refractivity contribution in [2.75, 3.05) is 5.32 Å². The van der Waals surface area contributed by atoms with E-state index < -0.39 is 5.91 Å². The van der Waals surface area contributed by atoms with E-state index in [1.54, 1.807) is 6.07 Å². The molecule has 0 aliphatic carbocycles. The number of aromatic nitrogens is 1. The summed E-state index contributed by atoms with van der Waals surface area (Å²) >= 11 is 0. The van der Waals surface area contributed by atoms with Gasteiger partial charge in [-0.25, -0.2) is 0 Å². The van der Waals surface area contributed by atoms with Gasteiger partial charge in [-0.1, -0.05) is 30.3 Å². The zero-order chi connectivity index (χ0) is 17.8. The zero-order valence-electron chi connectivity index (χ0n) is 14.2. The number of nitrogens with two attached hydrogens (primary N) is 1. The topological polar surface area (TPSA) is 77.1 Å². The van der Waals surface area contributed by atoms with Crippen LogP contribution in [0.4, 0.5) is 5.69 Å². The Morgan fingerprint density at radius 1 is 1.08 bits per heavy atom. The highest BCUT2D eigenvalue weighted by Crippen LogP contribution is 2.23. The third-order valence-corrected chi connectivity index (χ3v) is 4.24. The molecule has 5 heteroatoms. The Morgan fingerprint density at radius 2 is 1.84 bits per heavy atom. The Morgan fingerprint density at radius 3 is 2.52 bits per heavy atom. The lowest BCUT2D eigenvalue weighted by molar-refractivity contribution is -0.116. The normalized spacial score (nSPS) is 10.8. The van der Waals surface area contributed by atoms with Crippen LogP contribution < -0.4 is 11.1 Å². The number of carbonyl (C=O) groups excluding carboxylic acids is 2. The third-order valence-electron chi connectivity index (χ3n) is 4.24. The van der Waals surface area contributed by atoms with Crippen molar-refractivity contribution in [2.45, 2.75) is 26.3 Å². The van der Waals surface area contributed by atoms with Gasteiger partial charge in [0.2, 0.25) is 5.91 Å². The average Bonchev–Trinajstić information content (AvgIpc) is 2.99. The van der Waals surface area contributed by atoms with Gasteiger partial charge < -0.3 is 15.6 Å². The highest BCUT2D eigenvalue weighted by Gasteiger charge is 2.12. The van der Waals surface area contributed by atoms with Crippen LogP contribution in [0.25, 0.3) is 10.9 Å². The summed E-state index contributed by atoms with van der Waals surface area (Å²) < 4.78 is 1.87. The summed E-state index contributed by atoms with van der Waals surface area (Å²) in [7, 11) is 0. The monoisotopic (exact) mass is 335 g/mol. The summed E-state index contributed by atoms with van der Waals surface area (Å²) in [5, 5.41) is 3.80. The van der Waals surface area contributed by atoms with E-state index in [0.717, 1.165) is 22.2 Å². The lowest BCUT2D eigenvalue weighted by Gasteiger charge is -2.07. The number of anilines is 1. The first-order chi connectivity index (χ1) is 12.1. The Bertz CT molecular complexity index is 913. The molecule has 0 saturated heterocycles. The summed E-state index contributed by atoms with van der Waals surface area (Å²) in [5.41, 5.74) is 8.70. The second-order valence-corrected chi connectivity index (χ2v) is 5.95. The molecule has 3 N–H and O–H groups in total. The standard InChI is InChI=1S/C20H21N3O2/c1-2-23-17-10-9-16(12-15(17)13-18(23)20(21)25)22-19(24)11-8-14-6-4-3-5-7-14/h3-7,9-10,12-13H,2,8,11H2,1H3,(H2,21,25)(H,22,24). The van der Waals surface area contributed by atoms with Gasteiger partial charge in [-0.2, -0.15) is 0 Å². The molecule has 0 atom stereocenters. The molecular weight excluding hydrogens is 314 g/mol. The molecule has 5 nitrogen and oxygen atoms in total. The van der Waals surface area contributed by atoms with Gasteiger partial charge in [0.15, 0.2) is 0 Å². The number of rotatable bonds is 6. The Hall–Kier alpha value is -3.08. The first-order valence-corrected chi connectivity index (χ1v) is 8.35. The number of carbonyl (C=O) groups is 2. The first-order valence-electron chi connectivity index (χ1n) is 8.35. The minimum Gasteiger partial charge on any atom is -0.364 e. The molecule has 0 bridgehead atoms. The van der Waals surface area contributed by atoms with Gasteiger partial charge in [0.05, 0.1) is 0 Å². The molecule has 1 aromatic heterocycles. The Kier molecular flexibility index (Phi) is 4.84. The maximum Gasteiger partial charge on any atom is 0.265 e. The van der Waals surface area contributed by atoms with Gasteiger partial charge in [0, 0.05) is 29.6 Å². The fourth-order valence-corrected chi connectivity index (χ4v) is 3.02. The number of aryl methyl sites for hydroxylation is 2. The molecule has 0 saturated carbocycles. The summed E-state index contributed by atoms with van der Waals surface area (Å²) in [6.45, 7) is 2.62. The van der Waals surface area contributed by atoms with Gasteiger partial charge in [-0.15, -0.1) is 0 Å². The van der Waals surface area contributed by atoms with E-state index >= 15 is 0 Å². The second kappa shape index (κ2) is 7.21. The number of hydrogen-bond acceptors (Lipinski definition) is 2. The second-order valence-electron chi connectivity index (χ2n) is 5.95. The van der Waals surface area contributed by atoms with E-state index in [4.69, 9.17) is 5.73 Å². The summed E-state index contributed by atoms with van der Waals surface area (Å²) in [5.74, 6) is -0.486. The minimum atomic E-state index is -0.452. The van der Waals surface area contributed by atoms with Crippen molar-refractivity contribution in [1.29, 1.82) is 0 Å². The lowest BCUT2D eigenvalue weighted by Crippen LogP contribution is -2.16. The van der Waals surface area contributed by atoms with Crippen molar-refractivity contribution in [2.24, 2.45) is 5.73 Å². The molecule has 0 radical (unpaired) electrons. The van der Waals surface area contributed by atoms with Crippen LogP contribution >= 0.6 is 0 Å². The van der Waals surface area contributed by atoms with Crippen molar-refractivity contribution < 1.29 is 9.59 Å². The molecule has 0 aliphatic rings. The van der Waals surface area contributed by atoms with Gasteiger partial charge in [-0.05, 0) is 43.2 Å². The Balaban J connectivity index is 1.73. The number of nitrogens with one attached hydrogen (secondary N) is 1. The van der Waals surface area contributed by atoms with E-state index in [0.29, 0.717) is 25.1 Å². The van der Waals surface area contributed by atoms with E-state index in [2.05, 4.69) is 5.32 Å². The molecule has 128 valence electrons. The van der Waals surface area contributed by atoms with Crippen LogP contribution in [0.15, 0.2) is 54.6 Å². The smallest absolute Gasteiger partial charge is 0.265 e. The van der Waals surface area contributed by atoms with E-state index in [-0.39, 0.29) is 5.91 Å². The van der Waals surface area contributed by atoms with Crippen LogP contribution in [0.1, 0.15) is 29.4 Å². The molecule has 0 fully saturated rings. The van der Waals surface area contributed by atoms with E-state index in [1.165, 1.54) is 0 Å². The van der Waals surface area contributed by atoms with Crippen LogP contribution in [0.3, 0.4) is 0 Å². The number of amides is 2. The molecular formula is C20H21N3O2. The molecule has 0 aliphatic heterocycles. The minimum absolute atomic E-state index is 0.0340. The van der Waals surface area contributed by atoms with Crippen molar-refractivity contribution in [3.8, 4) is 0 Å². The van der Waals surface area contributed by atoms with Crippen molar-refractivity contribution in [1.82, 2.24) is 4.57 Å². The van der Waals surface area contributed by atoms with Gasteiger partial charge in [-0.3, -0.25) is 9.59 Å². The molecule has 0 unspecified atom stereocenters. The van der Waals surface area contributed by atoms with Crippen LogP contribution in [-0.2, 0) is 17.8 Å². The van der Waals surface area contributed by atoms with Crippen molar-refractivity contribution >= 4 is 28.4 Å². The maximum absolute atomic E-state index is 12.2. The van der Waals surface area contributed by atoms with E-state index in [1.807, 2.05) is 60.0 Å². The first kappa shape index (κ1) is 16.8. The molecule has 0 spiro atoms. The summed E-state index contributed by atoms with van der Waals surface area (Å²) in [4.78, 5) is 23.7. The zero-order valence-corrected chi connectivity index (χ0v) is 14.2. The van der Waals surface area contributed by atoms with Crippen molar-refractivity contribution in [3.05, 3.63) is 65.9 Å². The number of nitrogens with zero attached hydrogens (tertiary/aromatic N) is 1. The molecule has 3 rings (SSSR count). The van der Waals surface area contributed by atoms with Crippen LogP contribution in [0.2, 0.25) is 0 Å². The lowest BCUT2D eigenvalue weighted by atomic mass is 10.1. The van der Waals surface area contributed by atoms with Crippen LogP contribution in [0, 0.1) is 0 Å². The Labute approximate surface area is 146 Å². The molecule has 1 heterocycles. The summed E-state index contributed by atoms with van der Waals surface area (Å²) in [6.07, 6.45) is 1.12. The fraction of sp³-hybridized carbons (Fsp3) is 0.200. The quantitative estimate of drug-likeness (QED) is 0.725. The maximum atomic E-state index is 12.2. The highest BCUT2D eigenvalue weighted by atomic mass is 16.2. The van der Waals surface area contributed by atoms with Gasteiger partial charge in [0.1, 0.15) is 5.69 Å². The SMILES string of the molecule is CCn1c(C(N)=O)cc2cc(NC(=O)CCc3ccccc3)ccc21. The highest BCUT2D eigenvalue weighted by molar-refractivity contribution is 6.00. The van der Waals surface area contributed by atoms with Crippen LogP contribution in [-0.4, -0.2) is 16.4 Å².